The molecular formula is C13H16ClN. The molecule has 0 aliphatic carbocycles. The van der Waals surface area contributed by atoms with Gasteiger partial charge in [-0.3, -0.25) is 0 Å². The lowest BCUT2D eigenvalue weighted by Gasteiger charge is -2.05. The Morgan fingerprint density at radius 2 is 1.87 bits per heavy atom. The molecule has 1 rings (SSSR count). The zero-order chi connectivity index (χ0) is 11.1. The third-order valence-corrected chi connectivity index (χ3v) is 2.43. The average Bonchev–Trinajstić information content (AvgIpc) is 2.25. The average molecular weight is 222 g/mol. The molecule has 0 aromatic heterocycles. The van der Waals surface area contributed by atoms with Crippen LogP contribution < -0.4 is 5.32 Å². The van der Waals surface area contributed by atoms with Gasteiger partial charge in [0.05, 0.1) is 0 Å². The second-order valence-electron chi connectivity index (χ2n) is 3.42. The van der Waals surface area contributed by atoms with Crippen LogP contribution in [0.1, 0.15) is 12.0 Å². The summed E-state index contributed by atoms with van der Waals surface area (Å²) in [7, 11) is 0. The smallest absolute Gasteiger partial charge is 0.0360 e. The van der Waals surface area contributed by atoms with Gasteiger partial charge in [-0.2, -0.15) is 0 Å². The van der Waals surface area contributed by atoms with Crippen LogP contribution in [0.3, 0.4) is 0 Å². The number of nitrogens with one attached hydrogen (secondary N) is 1. The first-order valence-corrected chi connectivity index (χ1v) is 5.35. The summed E-state index contributed by atoms with van der Waals surface area (Å²) in [6.07, 6.45) is 0.842. The standard InChI is InChI=1S/C13H16ClN/c1-11(12(2)14)8-9-15-10-13-6-4-3-5-7-13/h3-7,15H,1-2,8-10H2. The van der Waals surface area contributed by atoms with Crippen molar-refractivity contribution in [2.75, 3.05) is 6.54 Å². The van der Waals surface area contributed by atoms with Crippen molar-refractivity contribution in [2.24, 2.45) is 0 Å². The van der Waals surface area contributed by atoms with Crippen molar-refractivity contribution in [2.45, 2.75) is 13.0 Å². The number of hydrogen-bond donors (Lipinski definition) is 1. The zero-order valence-electron chi connectivity index (χ0n) is 8.80. The molecule has 2 heteroatoms. The Labute approximate surface area is 96.5 Å². The fourth-order valence-electron chi connectivity index (χ4n) is 1.20. The first-order chi connectivity index (χ1) is 7.20. The van der Waals surface area contributed by atoms with Crippen molar-refractivity contribution < 1.29 is 0 Å². The van der Waals surface area contributed by atoms with E-state index < -0.39 is 0 Å². The summed E-state index contributed by atoms with van der Waals surface area (Å²) in [4.78, 5) is 0. The van der Waals surface area contributed by atoms with E-state index in [-0.39, 0.29) is 0 Å². The van der Waals surface area contributed by atoms with Gasteiger partial charge in [0.2, 0.25) is 0 Å². The highest BCUT2D eigenvalue weighted by atomic mass is 35.5. The maximum absolute atomic E-state index is 5.70. The van der Waals surface area contributed by atoms with E-state index >= 15 is 0 Å². The minimum absolute atomic E-state index is 0.552. The van der Waals surface area contributed by atoms with E-state index in [2.05, 4.69) is 30.6 Å². The molecular weight excluding hydrogens is 206 g/mol. The van der Waals surface area contributed by atoms with Gasteiger partial charge in [0, 0.05) is 11.6 Å². The van der Waals surface area contributed by atoms with E-state index in [0.29, 0.717) is 5.03 Å². The summed E-state index contributed by atoms with van der Waals surface area (Å²) in [5.41, 5.74) is 2.19. The monoisotopic (exact) mass is 221 g/mol. The van der Waals surface area contributed by atoms with Crippen LogP contribution in [0.2, 0.25) is 0 Å². The van der Waals surface area contributed by atoms with E-state index in [0.717, 1.165) is 25.1 Å². The van der Waals surface area contributed by atoms with Gasteiger partial charge in [0.15, 0.2) is 0 Å². The summed E-state index contributed by atoms with van der Waals surface area (Å²) in [6, 6.07) is 10.3. The van der Waals surface area contributed by atoms with Crippen LogP contribution in [0.15, 0.2) is 54.1 Å². The van der Waals surface area contributed by atoms with Crippen LogP contribution in [-0.4, -0.2) is 6.54 Å². The molecule has 0 saturated carbocycles. The molecule has 1 aromatic carbocycles. The minimum Gasteiger partial charge on any atom is -0.312 e. The van der Waals surface area contributed by atoms with Crippen molar-refractivity contribution in [3.05, 3.63) is 59.7 Å². The molecule has 1 aromatic rings. The molecule has 0 spiro atoms. The van der Waals surface area contributed by atoms with E-state index in [1.54, 1.807) is 0 Å². The summed E-state index contributed by atoms with van der Waals surface area (Å²) >= 11 is 5.70. The number of allylic oxidation sites excluding steroid dienone is 1. The third kappa shape index (κ3) is 4.82. The molecule has 0 aliphatic rings. The predicted molar refractivity (Wildman–Crippen MR) is 66.9 cm³/mol. The Hall–Kier alpha value is -1.05. The summed E-state index contributed by atoms with van der Waals surface area (Å²) in [6.45, 7) is 9.21. The molecule has 1 nitrogen and oxygen atoms in total. The van der Waals surface area contributed by atoms with Gasteiger partial charge in [0.1, 0.15) is 0 Å². The van der Waals surface area contributed by atoms with Gasteiger partial charge in [-0.1, -0.05) is 55.1 Å². The van der Waals surface area contributed by atoms with E-state index in [9.17, 15) is 0 Å². The van der Waals surface area contributed by atoms with E-state index in [1.807, 2.05) is 18.2 Å². The van der Waals surface area contributed by atoms with Gasteiger partial charge in [-0.15, -0.1) is 0 Å². The van der Waals surface area contributed by atoms with Gasteiger partial charge in [-0.25, -0.2) is 0 Å². The lowest BCUT2D eigenvalue weighted by atomic mass is 10.2. The molecule has 0 heterocycles. The van der Waals surface area contributed by atoms with Crippen LogP contribution in [0, 0.1) is 0 Å². The van der Waals surface area contributed by atoms with E-state index in [4.69, 9.17) is 11.6 Å². The second kappa shape index (κ2) is 6.44. The summed E-state index contributed by atoms with van der Waals surface area (Å²) < 4.78 is 0. The van der Waals surface area contributed by atoms with Crippen molar-refractivity contribution in [1.82, 2.24) is 5.32 Å². The van der Waals surface area contributed by atoms with Crippen LogP contribution in [0.25, 0.3) is 0 Å². The topological polar surface area (TPSA) is 12.0 Å². The number of benzene rings is 1. The largest absolute Gasteiger partial charge is 0.312 e. The Bertz CT molecular complexity index is 330. The summed E-state index contributed by atoms with van der Waals surface area (Å²) in [5.74, 6) is 0. The maximum Gasteiger partial charge on any atom is 0.0360 e. The molecule has 0 bridgehead atoms. The fraction of sp³-hybridized carbons (Fsp3) is 0.231. The Morgan fingerprint density at radius 1 is 1.20 bits per heavy atom. The first kappa shape index (κ1) is 12.0. The lowest BCUT2D eigenvalue weighted by Crippen LogP contribution is -2.15. The van der Waals surface area contributed by atoms with Crippen molar-refractivity contribution in [3.8, 4) is 0 Å². The second-order valence-corrected chi connectivity index (χ2v) is 3.88. The molecule has 0 atom stereocenters. The molecule has 0 amide bonds. The first-order valence-electron chi connectivity index (χ1n) is 4.97. The Kier molecular flexibility index (Phi) is 5.16. The molecule has 0 radical (unpaired) electrons. The molecule has 0 saturated heterocycles. The van der Waals surface area contributed by atoms with Gasteiger partial charge < -0.3 is 5.32 Å². The highest BCUT2D eigenvalue weighted by Crippen LogP contribution is 2.12. The highest BCUT2D eigenvalue weighted by molar-refractivity contribution is 6.31. The minimum atomic E-state index is 0.552. The Morgan fingerprint density at radius 3 is 2.47 bits per heavy atom. The molecule has 0 fully saturated rings. The van der Waals surface area contributed by atoms with Crippen molar-refractivity contribution in [3.63, 3.8) is 0 Å². The quantitative estimate of drug-likeness (QED) is 0.573. The normalized spacial score (nSPS) is 9.93. The lowest BCUT2D eigenvalue weighted by molar-refractivity contribution is 0.688. The van der Waals surface area contributed by atoms with Crippen molar-refractivity contribution in [1.29, 1.82) is 0 Å². The number of hydrogen-bond acceptors (Lipinski definition) is 1. The Balaban J connectivity index is 2.18. The molecule has 0 unspecified atom stereocenters. The maximum atomic E-state index is 5.70. The van der Waals surface area contributed by atoms with E-state index in [1.165, 1.54) is 5.56 Å². The molecule has 15 heavy (non-hydrogen) atoms. The zero-order valence-corrected chi connectivity index (χ0v) is 9.56. The van der Waals surface area contributed by atoms with Crippen LogP contribution in [0.5, 0.6) is 0 Å². The van der Waals surface area contributed by atoms with Gasteiger partial charge in [-0.05, 0) is 24.1 Å². The van der Waals surface area contributed by atoms with Crippen molar-refractivity contribution >= 4 is 11.6 Å². The SMILES string of the molecule is C=C(Cl)C(=C)CCNCc1ccccc1. The van der Waals surface area contributed by atoms with Gasteiger partial charge in [0.25, 0.3) is 0 Å². The molecule has 1 N–H and O–H groups in total. The van der Waals surface area contributed by atoms with Crippen LogP contribution in [-0.2, 0) is 6.54 Å². The number of halogens is 1. The third-order valence-electron chi connectivity index (χ3n) is 2.16. The van der Waals surface area contributed by atoms with Crippen LogP contribution >= 0.6 is 11.6 Å². The molecule has 80 valence electrons. The molecule has 0 aliphatic heterocycles. The van der Waals surface area contributed by atoms with Crippen LogP contribution in [0.4, 0.5) is 0 Å². The highest BCUT2D eigenvalue weighted by Gasteiger charge is 1.96. The predicted octanol–water partition coefficient (Wildman–Crippen LogP) is 3.48. The van der Waals surface area contributed by atoms with Gasteiger partial charge >= 0.3 is 0 Å². The summed E-state index contributed by atoms with van der Waals surface area (Å²) in [5, 5.41) is 3.88. The number of rotatable bonds is 6. The fourth-order valence-corrected chi connectivity index (χ4v) is 1.30.